The summed E-state index contributed by atoms with van der Waals surface area (Å²) in [6.07, 6.45) is 3.42. The van der Waals surface area contributed by atoms with Crippen LogP contribution in [0, 0.1) is 0 Å². The molecule has 0 aliphatic carbocycles. The number of hydrogen-bond donors (Lipinski definition) is 2. The molecule has 2 N–H and O–H groups in total. The van der Waals surface area contributed by atoms with E-state index in [0.29, 0.717) is 22.8 Å². The summed E-state index contributed by atoms with van der Waals surface area (Å²) in [4.78, 5) is 21.8. The fourth-order valence-corrected chi connectivity index (χ4v) is 3.33. The van der Waals surface area contributed by atoms with E-state index in [1.807, 2.05) is 43.3 Å². The second-order valence-electron chi connectivity index (χ2n) is 8.75. The molecule has 1 aromatic carbocycles. The minimum atomic E-state index is -0.216. The summed E-state index contributed by atoms with van der Waals surface area (Å²) in [5.41, 5.74) is 4.83. The lowest BCUT2D eigenvalue weighted by Gasteiger charge is -2.19. The van der Waals surface area contributed by atoms with Crippen LogP contribution in [-0.4, -0.2) is 25.5 Å². The molecule has 0 radical (unpaired) electrons. The maximum atomic E-state index is 12.8. The van der Waals surface area contributed by atoms with Crippen molar-refractivity contribution in [2.75, 3.05) is 10.6 Å². The van der Waals surface area contributed by atoms with E-state index in [-0.39, 0.29) is 11.3 Å². The van der Waals surface area contributed by atoms with Gasteiger partial charge in [0.1, 0.15) is 11.6 Å². The van der Waals surface area contributed by atoms with Gasteiger partial charge in [0.05, 0.1) is 11.9 Å². The fourth-order valence-electron chi connectivity index (χ4n) is 3.33. The molecule has 0 spiro atoms. The zero-order valence-corrected chi connectivity index (χ0v) is 18.7. The Morgan fingerprint density at radius 2 is 1.75 bits per heavy atom. The van der Waals surface area contributed by atoms with Crippen molar-refractivity contribution in [2.24, 2.45) is 0 Å². The van der Waals surface area contributed by atoms with Gasteiger partial charge in [-0.05, 0) is 42.2 Å². The Morgan fingerprint density at radius 1 is 1.00 bits per heavy atom. The number of anilines is 2. The smallest absolute Gasteiger partial charge is 0.256 e. The first-order chi connectivity index (χ1) is 15.2. The molecular weight excluding hydrogens is 400 g/mol. The predicted octanol–water partition coefficient (Wildman–Crippen LogP) is 5.29. The lowest BCUT2D eigenvalue weighted by molar-refractivity contribution is 0.102. The second-order valence-corrected chi connectivity index (χ2v) is 8.75. The minimum absolute atomic E-state index is 0.0297. The first-order valence-electron chi connectivity index (χ1n) is 10.4. The first kappa shape index (κ1) is 21.2. The molecule has 162 valence electrons. The number of carbonyl (C=O) groups excluding carboxylic acids is 1. The molecule has 0 unspecified atom stereocenters. The van der Waals surface area contributed by atoms with Crippen LogP contribution >= 0.6 is 0 Å². The Labute approximate surface area is 187 Å². The van der Waals surface area contributed by atoms with Crippen LogP contribution in [0.4, 0.5) is 11.6 Å². The van der Waals surface area contributed by atoms with E-state index in [2.05, 4.69) is 53.1 Å². The summed E-state index contributed by atoms with van der Waals surface area (Å²) in [5.74, 6) is 0.938. The highest BCUT2D eigenvalue weighted by Crippen LogP contribution is 2.25. The van der Waals surface area contributed by atoms with Crippen LogP contribution < -0.4 is 10.6 Å². The van der Waals surface area contributed by atoms with E-state index in [9.17, 15) is 4.79 Å². The number of carbonyl (C=O) groups is 1. The molecule has 0 bridgehead atoms. The van der Waals surface area contributed by atoms with Gasteiger partial charge >= 0.3 is 0 Å². The molecule has 4 rings (SSSR count). The molecule has 7 nitrogen and oxygen atoms in total. The average Bonchev–Trinajstić information content (AvgIpc) is 3.21. The number of nitrogens with one attached hydrogen (secondary N) is 2. The van der Waals surface area contributed by atoms with Crippen molar-refractivity contribution in [1.82, 2.24) is 19.6 Å². The van der Waals surface area contributed by atoms with E-state index in [1.54, 1.807) is 29.0 Å². The molecule has 7 heteroatoms. The largest absolute Gasteiger partial charge is 0.345 e. The van der Waals surface area contributed by atoms with Crippen molar-refractivity contribution < 1.29 is 4.79 Å². The SMILES string of the molecule is C=C(C)Nc1ccc(-c2cc(NC(=O)c3ccc(C(C)(C)C)cc3)nc3ccnn23)cn1. The van der Waals surface area contributed by atoms with Gasteiger partial charge in [-0.25, -0.2) is 14.5 Å². The zero-order valence-electron chi connectivity index (χ0n) is 18.7. The molecule has 0 aliphatic heterocycles. The molecule has 0 fully saturated rings. The normalized spacial score (nSPS) is 11.4. The lowest BCUT2D eigenvalue weighted by Crippen LogP contribution is -2.15. The molecule has 0 aliphatic rings. The number of fused-ring (bicyclic) bond motifs is 1. The van der Waals surface area contributed by atoms with E-state index < -0.39 is 0 Å². The molecule has 3 aromatic heterocycles. The number of allylic oxidation sites excluding steroid dienone is 1. The van der Waals surface area contributed by atoms with Crippen molar-refractivity contribution in [3.05, 3.63) is 84.3 Å². The Bertz CT molecular complexity index is 1280. The van der Waals surface area contributed by atoms with E-state index >= 15 is 0 Å². The third kappa shape index (κ3) is 4.51. The molecular formula is C25H26N6O. The summed E-state index contributed by atoms with van der Waals surface area (Å²) >= 11 is 0. The first-order valence-corrected chi connectivity index (χ1v) is 10.4. The van der Waals surface area contributed by atoms with Gasteiger partial charge in [-0.3, -0.25) is 4.79 Å². The molecule has 1 amide bonds. The summed E-state index contributed by atoms with van der Waals surface area (Å²) in [6, 6.07) is 15.0. The maximum absolute atomic E-state index is 12.8. The predicted molar refractivity (Wildman–Crippen MR) is 128 cm³/mol. The van der Waals surface area contributed by atoms with Crippen molar-refractivity contribution >= 4 is 23.2 Å². The quantitative estimate of drug-likeness (QED) is 0.453. The van der Waals surface area contributed by atoms with E-state index in [0.717, 1.165) is 17.0 Å². The molecule has 32 heavy (non-hydrogen) atoms. The number of pyridine rings is 1. The molecule has 0 saturated carbocycles. The highest BCUT2D eigenvalue weighted by Gasteiger charge is 2.16. The summed E-state index contributed by atoms with van der Waals surface area (Å²) in [5, 5.41) is 10.4. The standard InChI is InChI=1S/C25H26N6O/c1-16(2)28-21-11-8-18(15-26-21)20-14-22(29-23-12-13-27-31(20)23)30-24(32)17-6-9-19(10-7-17)25(3,4)5/h6-15H,1H2,2-5H3,(H,26,28)(H,29,30,32). The molecule has 3 heterocycles. The van der Waals surface area contributed by atoms with Crippen LogP contribution in [0.3, 0.4) is 0 Å². The Balaban J connectivity index is 1.63. The Kier molecular flexibility index (Phi) is 5.48. The third-order valence-electron chi connectivity index (χ3n) is 5.01. The van der Waals surface area contributed by atoms with Crippen LogP contribution in [0.25, 0.3) is 16.9 Å². The highest BCUT2D eigenvalue weighted by molar-refractivity contribution is 6.04. The van der Waals surface area contributed by atoms with Crippen LogP contribution in [0.5, 0.6) is 0 Å². The van der Waals surface area contributed by atoms with E-state index in [4.69, 9.17) is 0 Å². The van der Waals surface area contributed by atoms with E-state index in [1.165, 1.54) is 5.56 Å². The fraction of sp³-hybridized carbons (Fsp3) is 0.200. The van der Waals surface area contributed by atoms with Gasteiger partial charge in [0.25, 0.3) is 5.91 Å². The average molecular weight is 427 g/mol. The number of rotatable bonds is 5. The van der Waals surface area contributed by atoms with Gasteiger partial charge in [0.15, 0.2) is 5.65 Å². The third-order valence-corrected chi connectivity index (χ3v) is 5.01. The van der Waals surface area contributed by atoms with Crippen molar-refractivity contribution in [3.63, 3.8) is 0 Å². The van der Waals surface area contributed by atoms with Crippen molar-refractivity contribution in [3.8, 4) is 11.3 Å². The minimum Gasteiger partial charge on any atom is -0.345 e. The molecule has 4 aromatic rings. The summed E-state index contributed by atoms with van der Waals surface area (Å²) < 4.78 is 1.72. The number of nitrogens with zero attached hydrogens (tertiary/aromatic N) is 4. The van der Waals surface area contributed by atoms with Crippen molar-refractivity contribution in [2.45, 2.75) is 33.1 Å². The van der Waals surface area contributed by atoms with Crippen molar-refractivity contribution in [1.29, 1.82) is 0 Å². The zero-order chi connectivity index (χ0) is 22.9. The molecule has 0 atom stereocenters. The van der Waals surface area contributed by atoms with Gasteiger partial charge in [-0.15, -0.1) is 0 Å². The number of hydrogen-bond acceptors (Lipinski definition) is 5. The molecule has 0 saturated heterocycles. The Morgan fingerprint density at radius 3 is 2.38 bits per heavy atom. The monoisotopic (exact) mass is 426 g/mol. The van der Waals surface area contributed by atoms with Gasteiger partial charge in [-0.2, -0.15) is 5.10 Å². The van der Waals surface area contributed by atoms with Crippen LogP contribution in [-0.2, 0) is 5.41 Å². The lowest BCUT2D eigenvalue weighted by atomic mass is 9.87. The topological polar surface area (TPSA) is 84.2 Å². The Hall–Kier alpha value is -4.00. The van der Waals surface area contributed by atoms with Crippen LogP contribution in [0.2, 0.25) is 0 Å². The summed E-state index contributed by atoms with van der Waals surface area (Å²) in [7, 11) is 0. The van der Waals surface area contributed by atoms with Gasteiger partial charge in [0, 0.05) is 35.2 Å². The van der Waals surface area contributed by atoms with Crippen LogP contribution in [0.15, 0.2) is 73.2 Å². The van der Waals surface area contributed by atoms with Gasteiger partial charge in [0.2, 0.25) is 0 Å². The number of benzene rings is 1. The number of amides is 1. The second kappa shape index (κ2) is 8.26. The maximum Gasteiger partial charge on any atom is 0.256 e. The van der Waals surface area contributed by atoms with Gasteiger partial charge < -0.3 is 10.6 Å². The highest BCUT2D eigenvalue weighted by atomic mass is 16.1. The van der Waals surface area contributed by atoms with Gasteiger partial charge in [-0.1, -0.05) is 39.5 Å². The number of aromatic nitrogens is 4. The van der Waals surface area contributed by atoms with Crippen LogP contribution in [0.1, 0.15) is 43.6 Å². The summed E-state index contributed by atoms with van der Waals surface area (Å²) in [6.45, 7) is 12.1.